The molecule has 7 nitrogen and oxygen atoms in total. The first-order valence-corrected chi connectivity index (χ1v) is 12.7. The summed E-state index contributed by atoms with van der Waals surface area (Å²) in [6, 6.07) is 12.6. The normalized spacial score (nSPS) is 15.5. The molecule has 0 unspecified atom stereocenters. The number of fused-ring (bicyclic) bond motifs is 1. The van der Waals surface area contributed by atoms with Crippen molar-refractivity contribution in [3.05, 3.63) is 89.0 Å². The van der Waals surface area contributed by atoms with Gasteiger partial charge in [-0.05, 0) is 59.6 Å². The molecule has 0 bridgehead atoms. The lowest BCUT2D eigenvalue weighted by molar-refractivity contribution is -0.139. The van der Waals surface area contributed by atoms with Crippen molar-refractivity contribution in [2.45, 2.75) is 19.9 Å². The fraction of sp³-hybridized carbons (Fsp3) is 0.269. The van der Waals surface area contributed by atoms with E-state index in [0.29, 0.717) is 31.9 Å². The Morgan fingerprint density at radius 1 is 1.26 bits per heavy atom. The number of carbonyl (C=O) groups excluding carboxylic acids is 1. The van der Waals surface area contributed by atoms with Gasteiger partial charge in [0, 0.05) is 24.1 Å². The van der Waals surface area contributed by atoms with Gasteiger partial charge in [0.05, 0.1) is 35.2 Å². The van der Waals surface area contributed by atoms with Crippen LogP contribution in [0.2, 0.25) is 0 Å². The number of thiazole rings is 1. The number of nitrogens with zero attached hydrogens (tertiary/aromatic N) is 3. The standard InChI is InChI=1S/C26H26BrN3O4S/c1-6-34-25(32)22-15(2)28-26-30(23(22)17-9-7-8-10-20(17)33-5)24(31)21(35-26)14-16-11-12-19(29(3)4)18(27)13-16/h7-14,23H,6H2,1-5H3/b21-14-/t23-/m0/s1. The van der Waals surface area contributed by atoms with Crippen LogP contribution in [0.3, 0.4) is 0 Å². The molecule has 4 rings (SSSR count). The summed E-state index contributed by atoms with van der Waals surface area (Å²) in [7, 11) is 5.51. The third-order valence-corrected chi connectivity index (χ3v) is 7.32. The minimum atomic E-state index is -0.716. The molecule has 2 heterocycles. The largest absolute Gasteiger partial charge is 0.496 e. The molecule has 1 aliphatic rings. The quantitative estimate of drug-likeness (QED) is 0.434. The summed E-state index contributed by atoms with van der Waals surface area (Å²) >= 11 is 4.90. The summed E-state index contributed by atoms with van der Waals surface area (Å²) in [5.74, 6) is 0.0777. The highest BCUT2D eigenvalue weighted by Crippen LogP contribution is 2.35. The average molecular weight is 556 g/mol. The van der Waals surface area contributed by atoms with Crippen LogP contribution in [0.15, 0.2) is 68.0 Å². The van der Waals surface area contributed by atoms with Gasteiger partial charge in [-0.15, -0.1) is 0 Å². The molecule has 3 aromatic rings. The number of hydrogen-bond donors (Lipinski definition) is 0. The number of allylic oxidation sites excluding steroid dienone is 1. The van der Waals surface area contributed by atoms with Gasteiger partial charge in [-0.2, -0.15) is 0 Å². The predicted octanol–water partition coefficient (Wildman–Crippen LogP) is 3.64. The number of benzene rings is 2. The third kappa shape index (κ3) is 4.70. The first kappa shape index (κ1) is 24.9. The number of aromatic nitrogens is 1. The Morgan fingerprint density at radius 2 is 2.00 bits per heavy atom. The van der Waals surface area contributed by atoms with Crippen molar-refractivity contribution in [3.63, 3.8) is 0 Å². The maximum atomic E-state index is 13.7. The molecule has 0 saturated heterocycles. The van der Waals surface area contributed by atoms with Crippen LogP contribution in [0.1, 0.15) is 31.0 Å². The first-order valence-electron chi connectivity index (χ1n) is 11.1. The third-order valence-electron chi connectivity index (χ3n) is 5.70. The van der Waals surface area contributed by atoms with Crippen LogP contribution in [0.5, 0.6) is 5.75 Å². The smallest absolute Gasteiger partial charge is 0.338 e. The lowest BCUT2D eigenvalue weighted by Gasteiger charge is -2.25. The van der Waals surface area contributed by atoms with Crippen molar-refractivity contribution < 1.29 is 14.3 Å². The van der Waals surface area contributed by atoms with E-state index < -0.39 is 12.0 Å². The molecule has 2 aromatic carbocycles. The monoisotopic (exact) mass is 555 g/mol. The molecule has 0 N–H and O–H groups in total. The second-order valence-corrected chi connectivity index (χ2v) is 10.0. The number of rotatable bonds is 6. The number of ether oxygens (including phenoxy) is 2. The molecule has 0 saturated carbocycles. The van der Waals surface area contributed by atoms with E-state index in [1.165, 1.54) is 11.3 Å². The Kier molecular flexibility index (Phi) is 7.28. The first-order chi connectivity index (χ1) is 16.8. The SMILES string of the molecule is CCOC(=O)C1=C(C)N=c2s/c(=C\c3ccc(N(C)C)c(Br)c3)c(=O)n2[C@H]1c1ccccc1OC. The number of esters is 1. The minimum absolute atomic E-state index is 0.219. The molecule has 1 aliphatic heterocycles. The summed E-state index contributed by atoms with van der Waals surface area (Å²) in [6.07, 6.45) is 1.84. The molecule has 0 radical (unpaired) electrons. The molecule has 0 spiro atoms. The van der Waals surface area contributed by atoms with Crippen molar-refractivity contribution in [2.24, 2.45) is 4.99 Å². The molecular weight excluding hydrogens is 530 g/mol. The van der Waals surface area contributed by atoms with Crippen molar-refractivity contribution in [3.8, 4) is 5.75 Å². The zero-order chi connectivity index (χ0) is 25.3. The summed E-state index contributed by atoms with van der Waals surface area (Å²) in [5, 5.41) is 0. The second-order valence-electron chi connectivity index (χ2n) is 8.15. The zero-order valence-electron chi connectivity index (χ0n) is 20.2. The van der Waals surface area contributed by atoms with Gasteiger partial charge >= 0.3 is 5.97 Å². The lowest BCUT2D eigenvalue weighted by Crippen LogP contribution is -2.40. The number of halogens is 1. The Labute approximate surface area is 215 Å². The van der Waals surface area contributed by atoms with Gasteiger partial charge in [0.25, 0.3) is 5.56 Å². The van der Waals surface area contributed by atoms with E-state index in [9.17, 15) is 9.59 Å². The second kappa shape index (κ2) is 10.2. The van der Waals surface area contributed by atoms with Crippen molar-refractivity contribution in [2.75, 3.05) is 32.7 Å². The molecule has 182 valence electrons. The zero-order valence-corrected chi connectivity index (χ0v) is 22.6. The number of para-hydroxylation sites is 1. The fourth-order valence-corrected chi connectivity index (χ4v) is 5.90. The van der Waals surface area contributed by atoms with E-state index in [4.69, 9.17) is 9.47 Å². The maximum Gasteiger partial charge on any atom is 0.338 e. The van der Waals surface area contributed by atoms with Gasteiger partial charge in [0.15, 0.2) is 4.80 Å². The molecule has 1 atom stereocenters. The molecule has 1 aromatic heterocycles. The Hall–Kier alpha value is -3.17. The summed E-state index contributed by atoms with van der Waals surface area (Å²) in [5.41, 5.74) is 3.22. The van der Waals surface area contributed by atoms with Gasteiger partial charge in [-0.3, -0.25) is 9.36 Å². The minimum Gasteiger partial charge on any atom is -0.496 e. The predicted molar refractivity (Wildman–Crippen MR) is 142 cm³/mol. The highest BCUT2D eigenvalue weighted by atomic mass is 79.9. The van der Waals surface area contributed by atoms with Crippen molar-refractivity contribution >= 4 is 45.0 Å². The number of carbonyl (C=O) groups is 1. The lowest BCUT2D eigenvalue weighted by atomic mass is 9.95. The van der Waals surface area contributed by atoms with Crippen LogP contribution < -0.4 is 24.5 Å². The summed E-state index contributed by atoms with van der Waals surface area (Å²) in [4.78, 5) is 33.9. The summed E-state index contributed by atoms with van der Waals surface area (Å²) < 4.78 is 14.0. The number of methoxy groups -OCH3 is 1. The van der Waals surface area contributed by atoms with Crippen LogP contribution in [0.4, 0.5) is 5.69 Å². The molecule has 0 amide bonds. The Morgan fingerprint density at radius 3 is 2.66 bits per heavy atom. The van der Waals surface area contributed by atoms with E-state index >= 15 is 0 Å². The molecular formula is C26H26BrN3O4S. The molecule has 0 fully saturated rings. The van der Waals surface area contributed by atoms with E-state index in [1.54, 1.807) is 25.5 Å². The van der Waals surface area contributed by atoms with Crippen LogP contribution in [0.25, 0.3) is 6.08 Å². The Bertz CT molecular complexity index is 1500. The van der Waals surface area contributed by atoms with E-state index in [0.717, 1.165) is 15.7 Å². The van der Waals surface area contributed by atoms with Gasteiger partial charge in [0.2, 0.25) is 0 Å². The van der Waals surface area contributed by atoms with Crippen molar-refractivity contribution in [1.29, 1.82) is 0 Å². The fourth-order valence-electron chi connectivity index (χ4n) is 4.11. The van der Waals surface area contributed by atoms with Crippen LogP contribution in [0, 0.1) is 0 Å². The molecule has 35 heavy (non-hydrogen) atoms. The summed E-state index contributed by atoms with van der Waals surface area (Å²) in [6.45, 7) is 3.74. The number of hydrogen-bond acceptors (Lipinski definition) is 7. The number of anilines is 1. The van der Waals surface area contributed by atoms with Gasteiger partial charge < -0.3 is 14.4 Å². The van der Waals surface area contributed by atoms with E-state index in [-0.39, 0.29) is 12.2 Å². The topological polar surface area (TPSA) is 73.1 Å². The van der Waals surface area contributed by atoms with E-state index in [1.807, 2.05) is 67.5 Å². The van der Waals surface area contributed by atoms with E-state index in [2.05, 4.69) is 20.9 Å². The van der Waals surface area contributed by atoms with Crippen LogP contribution in [-0.2, 0) is 9.53 Å². The van der Waals surface area contributed by atoms with Gasteiger partial charge in [0.1, 0.15) is 11.8 Å². The van der Waals surface area contributed by atoms with Crippen LogP contribution in [-0.4, -0.2) is 38.3 Å². The molecule has 0 aliphatic carbocycles. The van der Waals surface area contributed by atoms with Gasteiger partial charge in [-0.25, -0.2) is 9.79 Å². The van der Waals surface area contributed by atoms with Crippen LogP contribution >= 0.6 is 27.3 Å². The van der Waals surface area contributed by atoms with Gasteiger partial charge in [-0.1, -0.05) is 35.6 Å². The average Bonchev–Trinajstić information content (AvgIpc) is 3.12. The van der Waals surface area contributed by atoms with Crippen molar-refractivity contribution in [1.82, 2.24) is 4.57 Å². The highest BCUT2D eigenvalue weighted by molar-refractivity contribution is 9.10. The Balaban J connectivity index is 1.95. The maximum absolute atomic E-state index is 13.7. The molecule has 9 heteroatoms. The highest BCUT2D eigenvalue weighted by Gasteiger charge is 2.34.